The van der Waals surface area contributed by atoms with Gasteiger partial charge in [-0.05, 0) is 44.4 Å². The zero-order chi connectivity index (χ0) is 14.3. The summed E-state index contributed by atoms with van der Waals surface area (Å²) in [4.78, 5) is 10.5. The molecule has 0 fully saturated rings. The Balaban J connectivity index is 2.43. The molecule has 0 aliphatic heterocycles. The quantitative estimate of drug-likeness (QED) is 0.790. The van der Waals surface area contributed by atoms with E-state index in [1.807, 2.05) is 36.4 Å². The van der Waals surface area contributed by atoms with Crippen molar-refractivity contribution in [3.05, 3.63) is 35.9 Å². The van der Waals surface area contributed by atoms with Crippen molar-refractivity contribution in [3.8, 4) is 5.75 Å². The first kappa shape index (κ1) is 15.1. The van der Waals surface area contributed by atoms with Crippen LogP contribution < -0.4 is 4.74 Å². The second kappa shape index (κ2) is 6.83. The molecule has 0 saturated carbocycles. The van der Waals surface area contributed by atoms with E-state index in [2.05, 4.69) is 0 Å². The van der Waals surface area contributed by atoms with Gasteiger partial charge in [0.15, 0.2) is 0 Å². The molecule has 19 heavy (non-hydrogen) atoms. The summed E-state index contributed by atoms with van der Waals surface area (Å²) in [5.41, 5.74) is 0.425. The molecule has 0 unspecified atom stereocenters. The molecule has 1 aromatic rings. The smallest absolute Gasteiger partial charge is 0.497 e. The average Bonchev–Trinajstić information content (AvgIpc) is 2.34. The molecule has 104 valence electrons. The molecule has 0 aliphatic carbocycles. The van der Waals surface area contributed by atoms with Crippen LogP contribution in [-0.2, 0) is 4.74 Å². The van der Waals surface area contributed by atoms with E-state index in [0.29, 0.717) is 6.42 Å². The number of allylic oxidation sites excluding steroid dienone is 1. The molecule has 0 aliphatic rings. The highest BCUT2D eigenvalue weighted by Crippen LogP contribution is 2.18. The fraction of sp³-hybridized carbons (Fsp3) is 0.400. The van der Waals surface area contributed by atoms with E-state index in [-0.39, 0.29) is 0 Å². The number of rotatable bonds is 6. The van der Waals surface area contributed by atoms with Crippen molar-refractivity contribution in [2.24, 2.45) is 0 Å². The topological polar surface area (TPSA) is 55.8 Å². The monoisotopic (exact) mass is 264 g/mol. The molecule has 0 amide bonds. The first-order valence-electron chi connectivity index (χ1n) is 6.15. The van der Waals surface area contributed by atoms with Crippen molar-refractivity contribution in [2.75, 3.05) is 7.11 Å². The molecule has 1 aromatic carbocycles. The SMILES string of the molecule is COc1ccc(/C=C/CCC(C)(C)OC(=O)O)cc1. The average molecular weight is 264 g/mol. The normalized spacial score (nSPS) is 11.5. The van der Waals surface area contributed by atoms with Gasteiger partial charge in [-0.1, -0.05) is 24.3 Å². The summed E-state index contributed by atoms with van der Waals surface area (Å²) in [5.74, 6) is 0.827. The molecular weight excluding hydrogens is 244 g/mol. The largest absolute Gasteiger partial charge is 0.506 e. The first-order chi connectivity index (χ1) is 8.93. The zero-order valence-corrected chi connectivity index (χ0v) is 11.6. The highest BCUT2D eigenvalue weighted by atomic mass is 16.7. The van der Waals surface area contributed by atoms with Crippen LogP contribution in [-0.4, -0.2) is 24.0 Å². The third-order valence-corrected chi connectivity index (χ3v) is 2.70. The second-order valence-corrected chi connectivity index (χ2v) is 4.84. The minimum atomic E-state index is -1.23. The van der Waals surface area contributed by atoms with Gasteiger partial charge in [-0.15, -0.1) is 0 Å². The molecule has 0 bridgehead atoms. The van der Waals surface area contributed by atoms with Gasteiger partial charge in [-0.25, -0.2) is 4.79 Å². The summed E-state index contributed by atoms with van der Waals surface area (Å²) in [6.07, 6.45) is 4.17. The summed E-state index contributed by atoms with van der Waals surface area (Å²) in [6.45, 7) is 3.53. The van der Waals surface area contributed by atoms with Gasteiger partial charge in [0.1, 0.15) is 11.4 Å². The van der Waals surface area contributed by atoms with E-state index < -0.39 is 11.8 Å². The third-order valence-electron chi connectivity index (χ3n) is 2.70. The predicted octanol–water partition coefficient (Wildman–Crippen LogP) is 3.96. The summed E-state index contributed by atoms with van der Waals surface area (Å²) < 4.78 is 9.87. The lowest BCUT2D eigenvalue weighted by atomic mass is 10.0. The van der Waals surface area contributed by atoms with Crippen LogP contribution in [0.15, 0.2) is 30.3 Å². The van der Waals surface area contributed by atoms with E-state index in [1.165, 1.54) is 0 Å². The zero-order valence-electron chi connectivity index (χ0n) is 11.6. The van der Waals surface area contributed by atoms with Gasteiger partial charge in [0.2, 0.25) is 0 Å². The Hall–Kier alpha value is -1.97. The minimum absolute atomic E-state index is 0.645. The highest BCUT2D eigenvalue weighted by molar-refractivity contribution is 5.57. The van der Waals surface area contributed by atoms with Crippen molar-refractivity contribution in [1.29, 1.82) is 0 Å². The lowest BCUT2D eigenvalue weighted by molar-refractivity contribution is -0.000316. The number of carboxylic acid groups (broad SMARTS) is 1. The Kier molecular flexibility index (Phi) is 5.42. The highest BCUT2D eigenvalue weighted by Gasteiger charge is 2.21. The van der Waals surface area contributed by atoms with E-state index in [9.17, 15) is 4.79 Å². The number of hydrogen-bond acceptors (Lipinski definition) is 3. The summed E-state index contributed by atoms with van der Waals surface area (Å²) >= 11 is 0. The number of benzene rings is 1. The molecule has 0 aromatic heterocycles. The molecule has 1 N–H and O–H groups in total. The summed E-state index contributed by atoms with van der Waals surface area (Å²) in [7, 11) is 1.63. The van der Waals surface area contributed by atoms with E-state index in [1.54, 1.807) is 21.0 Å². The van der Waals surface area contributed by atoms with Gasteiger partial charge in [0.05, 0.1) is 7.11 Å². The van der Waals surface area contributed by atoms with Gasteiger partial charge in [-0.2, -0.15) is 0 Å². The fourth-order valence-corrected chi connectivity index (χ4v) is 1.65. The molecule has 4 heteroatoms. The third kappa shape index (κ3) is 5.95. The maximum absolute atomic E-state index is 10.5. The van der Waals surface area contributed by atoms with Gasteiger partial charge in [-0.3, -0.25) is 0 Å². The second-order valence-electron chi connectivity index (χ2n) is 4.84. The van der Waals surface area contributed by atoms with E-state index in [4.69, 9.17) is 14.6 Å². The maximum Gasteiger partial charge on any atom is 0.506 e. The molecule has 0 radical (unpaired) electrons. The number of carbonyl (C=O) groups is 1. The van der Waals surface area contributed by atoms with Crippen LogP contribution in [0.5, 0.6) is 5.75 Å². The first-order valence-corrected chi connectivity index (χ1v) is 6.15. The standard InChI is InChI=1S/C15H20O4/c1-15(2,19-14(16)17)11-5-4-6-12-7-9-13(18-3)10-8-12/h4,6-10H,5,11H2,1-3H3,(H,16,17)/b6-4+. The predicted molar refractivity (Wildman–Crippen MR) is 74.5 cm³/mol. The Morgan fingerprint density at radius 3 is 2.47 bits per heavy atom. The minimum Gasteiger partial charge on any atom is -0.497 e. The van der Waals surface area contributed by atoms with Crippen molar-refractivity contribution in [2.45, 2.75) is 32.3 Å². The lowest BCUT2D eigenvalue weighted by Crippen LogP contribution is -2.26. The van der Waals surface area contributed by atoms with Crippen molar-refractivity contribution >= 4 is 12.2 Å². The van der Waals surface area contributed by atoms with E-state index >= 15 is 0 Å². The number of hydrogen-bond donors (Lipinski definition) is 1. The molecule has 4 nitrogen and oxygen atoms in total. The van der Waals surface area contributed by atoms with Gasteiger partial charge in [0, 0.05) is 0 Å². The van der Waals surface area contributed by atoms with Crippen molar-refractivity contribution in [1.82, 2.24) is 0 Å². The Labute approximate surface area is 113 Å². The van der Waals surface area contributed by atoms with Crippen LogP contribution in [0.3, 0.4) is 0 Å². The summed E-state index contributed by atoms with van der Waals surface area (Å²) in [6, 6.07) is 7.73. The molecular formula is C15H20O4. The molecule has 1 rings (SSSR count). The Bertz CT molecular complexity index is 432. The van der Waals surface area contributed by atoms with Crippen LogP contribution in [0.25, 0.3) is 6.08 Å². The molecule has 0 spiro atoms. The number of methoxy groups -OCH3 is 1. The van der Waals surface area contributed by atoms with Crippen LogP contribution >= 0.6 is 0 Å². The summed E-state index contributed by atoms with van der Waals surface area (Å²) in [5, 5.41) is 8.58. The maximum atomic E-state index is 10.5. The van der Waals surface area contributed by atoms with E-state index in [0.717, 1.165) is 17.7 Å². The fourth-order valence-electron chi connectivity index (χ4n) is 1.65. The molecule has 0 saturated heterocycles. The van der Waals surface area contributed by atoms with Crippen molar-refractivity contribution in [3.63, 3.8) is 0 Å². The number of ether oxygens (including phenoxy) is 2. The van der Waals surface area contributed by atoms with Crippen LogP contribution in [0.1, 0.15) is 32.3 Å². The van der Waals surface area contributed by atoms with Crippen LogP contribution in [0.2, 0.25) is 0 Å². The van der Waals surface area contributed by atoms with Crippen LogP contribution in [0.4, 0.5) is 4.79 Å². The molecule has 0 heterocycles. The molecule has 0 atom stereocenters. The lowest BCUT2D eigenvalue weighted by Gasteiger charge is -2.22. The van der Waals surface area contributed by atoms with Crippen LogP contribution in [0, 0.1) is 0 Å². The Morgan fingerprint density at radius 1 is 1.32 bits per heavy atom. The van der Waals surface area contributed by atoms with Gasteiger partial charge >= 0.3 is 6.16 Å². The van der Waals surface area contributed by atoms with Crippen molar-refractivity contribution < 1.29 is 19.4 Å². The van der Waals surface area contributed by atoms with Gasteiger partial charge < -0.3 is 14.6 Å². The van der Waals surface area contributed by atoms with Gasteiger partial charge in [0.25, 0.3) is 0 Å². The Morgan fingerprint density at radius 2 is 1.95 bits per heavy atom.